The molecule has 5 rings (SSSR count). The molecule has 5 heterocycles. The van der Waals surface area contributed by atoms with Gasteiger partial charge in [-0.2, -0.15) is 5.10 Å². The van der Waals surface area contributed by atoms with E-state index in [1.165, 1.54) is 5.69 Å². The third-order valence-electron chi connectivity index (χ3n) is 6.15. The first-order valence-electron chi connectivity index (χ1n) is 9.97. The molecule has 3 N–H and O–H groups in total. The lowest BCUT2D eigenvalue weighted by Gasteiger charge is -2.20. The Balaban J connectivity index is 1.45. The van der Waals surface area contributed by atoms with Crippen molar-refractivity contribution in [2.75, 3.05) is 18.8 Å². The summed E-state index contributed by atoms with van der Waals surface area (Å²) in [4.78, 5) is 7.71. The van der Waals surface area contributed by atoms with Gasteiger partial charge in [-0.05, 0) is 38.4 Å². The van der Waals surface area contributed by atoms with Gasteiger partial charge in [-0.1, -0.05) is 0 Å². The van der Waals surface area contributed by atoms with Gasteiger partial charge in [-0.3, -0.25) is 9.67 Å². The van der Waals surface area contributed by atoms with Gasteiger partial charge >= 0.3 is 0 Å². The Morgan fingerprint density at radius 1 is 1.20 bits per heavy atom. The molecular formula is C21H22F2N6O. The van der Waals surface area contributed by atoms with Crippen molar-refractivity contribution < 1.29 is 13.5 Å². The van der Waals surface area contributed by atoms with Crippen LogP contribution in [0.15, 0.2) is 30.7 Å². The second-order valence-electron chi connectivity index (χ2n) is 7.98. The predicted molar refractivity (Wildman–Crippen MR) is 107 cm³/mol. The Morgan fingerprint density at radius 2 is 2.00 bits per heavy atom. The molecule has 30 heavy (non-hydrogen) atoms. The van der Waals surface area contributed by atoms with Crippen LogP contribution in [0.25, 0.3) is 11.3 Å². The average Bonchev–Trinajstić information content (AvgIpc) is 3.42. The zero-order chi connectivity index (χ0) is 20.9. The molecule has 2 atom stereocenters. The fraction of sp³-hybridized carbons (Fsp3) is 0.381. The smallest absolute Gasteiger partial charge is 0.166 e. The van der Waals surface area contributed by atoms with Crippen LogP contribution in [0.4, 0.5) is 14.6 Å². The van der Waals surface area contributed by atoms with E-state index in [0.717, 1.165) is 56.1 Å². The monoisotopic (exact) mass is 412 g/mol. The molecule has 1 spiro atoms. The number of ether oxygens (including phenoxy) is 1. The molecule has 9 heteroatoms. The van der Waals surface area contributed by atoms with Crippen LogP contribution >= 0.6 is 0 Å². The Labute approximate surface area is 172 Å². The highest BCUT2D eigenvalue weighted by atomic mass is 19.1. The fourth-order valence-corrected chi connectivity index (χ4v) is 4.53. The quantitative estimate of drug-likeness (QED) is 0.685. The highest BCUT2D eigenvalue weighted by Gasteiger charge is 2.42. The van der Waals surface area contributed by atoms with Crippen LogP contribution in [0.3, 0.4) is 0 Å². The van der Waals surface area contributed by atoms with E-state index in [1.54, 1.807) is 19.2 Å². The van der Waals surface area contributed by atoms with Gasteiger partial charge in [0.05, 0.1) is 23.7 Å². The first kappa shape index (κ1) is 18.9. The third-order valence-corrected chi connectivity index (χ3v) is 6.15. The number of fused-ring (bicyclic) bond motifs is 2. The maximum Gasteiger partial charge on any atom is 0.166 e. The number of nitrogens with one attached hydrogen (secondary N) is 1. The Hall–Kier alpha value is -3.07. The van der Waals surface area contributed by atoms with E-state index in [4.69, 9.17) is 15.6 Å². The second-order valence-corrected chi connectivity index (χ2v) is 7.98. The number of aryl methyl sites for hydroxylation is 1. The van der Waals surface area contributed by atoms with Gasteiger partial charge in [-0.15, -0.1) is 0 Å². The first-order chi connectivity index (χ1) is 14.5. The van der Waals surface area contributed by atoms with Crippen LogP contribution in [0, 0.1) is 11.6 Å². The number of aromatic nitrogens is 4. The van der Waals surface area contributed by atoms with Crippen molar-refractivity contribution in [3.05, 3.63) is 53.6 Å². The lowest BCUT2D eigenvalue weighted by Crippen LogP contribution is -2.25. The number of halogens is 2. The molecule has 0 amide bonds. The molecule has 2 aliphatic heterocycles. The van der Waals surface area contributed by atoms with Gasteiger partial charge in [0.15, 0.2) is 23.2 Å². The van der Waals surface area contributed by atoms with Crippen molar-refractivity contribution in [1.29, 1.82) is 0 Å². The molecule has 0 aliphatic carbocycles. The maximum atomic E-state index is 14.0. The van der Waals surface area contributed by atoms with Gasteiger partial charge in [0.25, 0.3) is 0 Å². The maximum absolute atomic E-state index is 14.0. The molecule has 7 nitrogen and oxygen atoms in total. The van der Waals surface area contributed by atoms with Crippen LogP contribution < -0.4 is 15.8 Å². The lowest BCUT2D eigenvalue weighted by molar-refractivity contribution is 0.215. The molecule has 3 aromatic rings. The summed E-state index contributed by atoms with van der Waals surface area (Å²) in [6.45, 7) is 4.42. The molecule has 1 unspecified atom stereocenters. The van der Waals surface area contributed by atoms with Crippen LogP contribution in [-0.4, -0.2) is 32.8 Å². The van der Waals surface area contributed by atoms with Crippen molar-refractivity contribution in [2.45, 2.75) is 37.8 Å². The van der Waals surface area contributed by atoms with E-state index in [1.807, 2.05) is 0 Å². The van der Waals surface area contributed by atoms with E-state index < -0.39 is 17.7 Å². The van der Waals surface area contributed by atoms with Crippen LogP contribution in [-0.2, 0) is 12.0 Å². The molecule has 3 aromatic heterocycles. The van der Waals surface area contributed by atoms with Crippen molar-refractivity contribution in [3.8, 4) is 17.0 Å². The van der Waals surface area contributed by atoms with Gasteiger partial charge in [0.1, 0.15) is 6.10 Å². The van der Waals surface area contributed by atoms with E-state index in [0.29, 0.717) is 0 Å². The number of pyridine rings is 2. The largest absolute Gasteiger partial charge is 0.482 e. The number of nitrogen functional groups attached to an aromatic ring is 1. The molecule has 1 saturated heterocycles. The minimum absolute atomic E-state index is 0.142. The van der Waals surface area contributed by atoms with Crippen molar-refractivity contribution >= 4 is 5.82 Å². The van der Waals surface area contributed by atoms with Gasteiger partial charge in [-0.25, -0.2) is 13.8 Å². The molecule has 0 bridgehead atoms. The molecule has 1 fully saturated rings. The molecule has 0 saturated carbocycles. The summed E-state index contributed by atoms with van der Waals surface area (Å²) in [5, 5.41) is 8.19. The molecule has 0 radical (unpaired) electrons. The highest BCUT2D eigenvalue weighted by molar-refractivity contribution is 5.64. The molecule has 0 aromatic carbocycles. The second kappa shape index (κ2) is 7.02. The third kappa shape index (κ3) is 3.00. The number of anilines is 1. The van der Waals surface area contributed by atoms with E-state index in [2.05, 4.69) is 26.0 Å². The standard InChI is InChI=1S/C21H22F2N6O/c1-12(19-14(22)9-26-10-15(19)23)30-17-6-13(8-27-20(17)24)16-7-18-21(2-4-25-11-21)3-5-29(18)28-16/h6-10,12,25H,2-5,11H2,1H3,(H2,24,27)/t12?,21-/m1/s1. The summed E-state index contributed by atoms with van der Waals surface area (Å²) in [5.74, 6) is -1.15. The Kier molecular flexibility index (Phi) is 4.43. The lowest BCUT2D eigenvalue weighted by atomic mass is 9.82. The molecular weight excluding hydrogens is 390 g/mol. The number of hydrogen-bond donors (Lipinski definition) is 2. The summed E-state index contributed by atoms with van der Waals surface area (Å²) in [6, 6.07) is 3.82. The minimum Gasteiger partial charge on any atom is -0.482 e. The van der Waals surface area contributed by atoms with Crippen molar-refractivity contribution in [3.63, 3.8) is 0 Å². The molecule has 156 valence electrons. The van der Waals surface area contributed by atoms with Crippen LogP contribution in [0.1, 0.15) is 37.1 Å². The topological polar surface area (TPSA) is 90.9 Å². The summed E-state index contributed by atoms with van der Waals surface area (Å²) in [6.07, 6.45) is 4.84. The SMILES string of the molecule is CC(Oc1cc(-c2cc3n(n2)CC[C@@]32CCNC2)cnc1N)c1c(F)cncc1F. The predicted octanol–water partition coefficient (Wildman–Crippen LogP) is 2.98. The summed E-state index contributed by atoms with van der Waals surface area (Å²) in [7, 11) is 0. The summed E-state index contributed by atoms with van der Waals surface area (Å²) < 4.78 is 35.9. The van der Waals surface area contributed by atoms with Gasteiger partial charge in [0.2, 0.25) is 0 Å². The number of rotatable bonds is 4. The first-order valence-corrected chi connectivity index (χ1v) is 9.97. The van der Waals surface area contributed by atoms with Crippen LogP contribution in [0.5, 0.6) is 5.75 Å². The van der Waals surface area contributed by atoms with Crippen molar-refractivity contribution in [2.24, 2.45) is 0 Å². The minimum atomic E-state index is -0.910. The summed E-state index contributed by atoms with van der Waals surface area (Å²) in [5.41, 5.74) is 8.67. The zero-order valence-corrected chi connectivity index (χ0v) is 16.5. The van der Waals surface area contributed by atoms with Gasteiger partial charge in [0, 0.05) is 36.0 Å². The Morgan fingerprint density at radius 3 is 2.73 bits per heavy atom. The van der Waals surface area contributed by atoms with Gasteiger partial charge < -0.3 is 15.8 Å². The van der Waals surface area contributed by atoms with Crippen LogP contribution in [0.2, 0.25) is 0 Å². The van der Waals surface area contributed by atoms with E-state index >= 15 is 0 Å². The van der Waals surface area contributed by atoms with E-state index in [-0.39, 0.29) is 22.5 Å². The molecule has 2 aliphatic rings. The number of hydrogen-bond acceptors (Lipinski definition) is 6. The number of nitrogens with zero attached hydrogens (tertiary/aromatic N) is 4. The summed E-state index contributed by atoms with van der Waals surface area (Å²) >= 11 is 0. The number of nitrogens with two attached hydrogens (primary N) is 1. The fourth-order valence-electron chi connectivity index (χ4n) is 4.53. The Bertz CT molecular complexity index is 1090. The highest BCUT2D eigenvalue weighted by Crippen LogP contribution is 2.41. The normalized spacial score (nSPS) is 21.2. The zero-order valence-electron chi connectivity index (χ0n) is 16.5. The average molecular weight is 412 g/mol. The van der Waals surface area contributed by atoms with E-state index in [9.17, 15) is 8.78 Å². The van der Waals surface area contributed by atoms with Crippen molar-refractivity contribution in [1.82, 2.24) is 25.1 Å².